The molecule has 0 spiro atoms. The topological polar surface area (TPSA) is 0 Å². The minimum atomic E-state index is 0.914. The number of hydrogen-bond acceptors (Lipinski definition) is 0. The molecule has 0 aliphatic carbocycles. The molecule has 0 atom stereocenters. The number of fused-ring (bicyclic) bond motifs is 1. The highest BCUT2D eigenvalue weighted by Gasteiger charge is 2.13. The molecular weight excluding hydrogens is 143 g/mol. The monoisotopic (exact) mass is 158 g/mol. The van der Waals surface area contributed by atoms with Gasteiger partial charge in [0.05, 0.1) is 0 Å². The molecule has 0 N–H and O–H groups in total. The van der Waals surface area contributed by atoms with Gasteiger partial charge in [-0.2, -0.15) is 0 Å². The van der Waals surface area contributed by atoms with Gasteiger partial charge in [0.2, 0.25) is 0 Å². The van der Waals surface area contributed by atoms with Gasteiger partial charge in [-0.1, -0.05) is 43.7 Å². The van der Waals surface area contributed by atoms with Gasteiger partial charge >= 0.3 is 0 Å². The van der Waals surface area contributed by atoms with E-state index in [9.17, 15) is 0 Å². The van der Waals surface area contributed by atoms with Gasteiger partial charge in [-0.25, -0.2) is 0 Å². The van der Waals surface area contributed by atoms with Crippen molar-refractivity contribution in [3.05, 3.63) is 35.4 Å². The van der Waals surface area contributed by atoms with Crippen LogP contribution in [0.15, 0.2) is 24.3 Å². The molecule has 1 aromatic rings. The summed E-state index contributed by atoms with van der Waals surface area (Å²) in [6, 6.07) is 8.89. The van der Waals surface area contributed by atoms with E-state index in [1.54, 1.807) is 11.1 Å². The highest BCUT2D eigenvalue weighted by atomic mass is 14.1. The maximum Gasteiger partial charge on any atom is 0.137 e. The number of benzene rings is 1. The summed E-state index contributed by atoms with van der Waals surface area (Å²) in [7, 11) is 0. The summed E-state index contributed by atoms with van der Waals surface area (Å²) in [5.74, 6) is 0. The van der Waals surface area contributed by atoms with Crippen molar-refractivity contribution in [1.29, 1.82) is 0 Å². The molecule has 12 heavy (non-hydrogen) atoms. The predicted octanol–water partition coefficient (Wildman–Crippen LogP) is 2.91. The zero-order chi connectivity index (χ0) is 8.39. The van der Waals surface area contributed by atoms with E-state index >= 15 is 0 Å². The molecule has 0 nitrogen and oxygen atoms in total. The Kier molecular flexibility index (Phi) is 2.20. The minimum Gasteiger partial charge on any atom is -0.0861 e. The zero-order valence-electron chi connectivity index (χ0n) is 7.72. The fraction of sp³-hybridized carbons (Fsp3) is 0.455. The third kappa shape index (κ3) is 1.55. The second-order valence-corrected chi connectivity index (χ2v) is 3.95. The summed E-state index contributed by atoms with van der Waals surface area (Å²) >= 11 is 0. The molecule has 1 aliphatic rings. The van der Waals surface area contributed by atoms with E-state index in [-0.39, 0.29) is 0 Å². The molecule has 1 aromatic carbocycles. The van der Waals surface area contributed by atoms with Crippen molar-refractivity contribution < 1.29 is 0 Å². The van der Waals surface area contributed by atoms with Crippen LogP contribution in [0.2, 0.25) is 19.5 Å². The molecule has 0 saturated carbocycles. The zero-order valence-corrected chi connectivity index (χ0v) is 7.72. The van der Waals surface area contributed by atoms with Crippen LogP contribution in [0.3, 0.4) is 0 Å². The van der Waals surface area contributed by atoms with Gasteiger partial charge in [0, 0.05) is 0 Å². The van der Waals surface area contributed by atoms with Crippen LogP contribution >= 0.6 is 0 Å². The summed E-state index contributed by atoms with van der Waals surface area (Å²) in [6.07, 6.45) is 5.32. The Morgan fingerprint density at radius 1 is 1.00 bits per heavy atom. The van der Waals surface area contributed by atoms with Crippen molar-refractivity contribution in [2.75, 3.05) is 0 Å². The Morgan fingerprint density at radius 2 is 1.50 bits per heavy atom. The molecule has 0 radical (unpaired) electrons. The van der Waals surface area contributed by atoms with E-state index in [0.29, 0.717) is 0 Å². The van der Waals surface area contributed by atoms with Crippen LogP contribution in [0.5, 0.6) is 0 Å². The molecule has 1 aliphatic heterocycles. The molecule has 0 unspecified atom stereocenters. The van der Waals surface area contributed by atoms with Crippen molar-refractivity contribution >= 4 is 6.71 Å². The van der Waals surface area contributed by atoms with E-state index in [4.69, 9.17) is 0 Å². The standard InChI is InChI=1S/C11H15B/c1-12-8-6-10-4-2-3-5-11(10)7-9-12/h2-5H,6-9H2,1H3. The van der Waals surface area contributed by atoms with Gasteiger partial charge in [0.25, 0.3) is 0 Å². The molecule has 62 valence electrons. The third-order valence-electron chi connectivity index (χ3n) is 2.93. The molecule has 2 rings (SSSR count). The minimum absolute atomic E-state index is 0.914. The molecular formula is C11H15B. The van der Waals surface area contributed by atoms with Crippen molar-refractivity contribution in [2.45, 2.75) is 32.3 Å². The summed E-state index contributed by atoms with van der Waals surface area (Å²) in [5.41, 5.74) is 3.17. The average molecular weight is 158 g/mol. The largest absolute Gasteiger partial charge is 0.137 e. The van der Waals surface area contributed by atoms with Gasteiger partial charge in [-0.05, 0) is 24.0 Å². The van der Waals surface area contributed by atoms with Gasteiger partial charge in [-0.15, -0.1) is 0 Å². The van der Waals surface area contributed by atoms with Crippen LogP contribution in [-0.4, -0.2) is 6.71 Å². The van der Waals surface area contributed by atoms with E-state index < -0.39 is 0 Å². The van der Waals surface area contributed by atoms with Gasteiger partial charge < -0.3 is 0 Å². The number of rotatable bonds is 0. The molecule has 0 aromatic heterocycles. The second-order valence-electron chi connectivity index (χ2n) is 3.95. The Bertz CT molecular complexity index is 240. The predicted molar refractivity (Wildman–Crippen MR) is 55.1 cm³/mol. The van der Waals surface area contributed by atoms with E-state index in [2.05, 4.69) is 31.1 Å². The highest BCUT2D eigenvalue weighted by molar-refractivity contribution is 6.57. The first-order valence-corrected chi connectivity index (χ1v) is 4.93. The normalized spacial score (nSPS) is 16.9. The lowest BCUT2D eigenvalue weighted by Crippen LogP contribution is -2.04. The van der Waals surface area contributed by atoms with Crippen LogP contribution in [-0.2, 0) is 12.8 Å². The first kappa shape index (κ1) is 7.91. The summed E-state index contributed by atoms with van der Waals surface area (Å²) in [5, 5.41) is 0. The van der Waals surface area contributed by atoms with Crippen LogP contribution in [0.4, 0.5) is 0 Å². The van der Waals surface area contributed by atoms with Crippen molar-refractivity contribution in [3.8, 4) is 0 Å². The molecule has 0 amide bonds. The lowest BCUT2D eigenvalue weighted by Gasteiger charge is -2.02. The molecule has 0 saturated heterocycles. The van der Waals surface area contributed by atoms with Crippen molar-refractivity contribution in [3.63, 3.8) is 0 Å². The quantitative estimate of drug-likeness (QED) is 0.509. The Balaban J connectivity index is 2.26. The molecule has 0 fully saturated rings. The van der Waals surface area contributed by atoms with Gasteiger partial charge in [0.15, 0.2) is 0 Å². The van der Waals surface area contributed by atoms with E-state index in [1.807, 2.05) is 0 Å². The van der Waals surface area contributed by atoms with Crippen LogP contribution in [0, 0.1) is 0 Å². The van der Waals surface area contributed by atoms with Crippen molar-refractivity contribution in [1.82, 2.24) is 0 Å². The van der Waals surface area contributed by atoms with Crippen molar-refractivity contribution in [2.24, 2.45) is 0 Å². The van der Waals surface area contributed by atoms with Gasteiger partial charge in [-0.3, -0.25) is 0 Å². The summed E-state index contributed by atoms with van der Waals surface area (Å²) < 4.78 is 0. The van der Waals surface area contributed by atoms with Gasteiger partial charge in [0.1, 0.15) is 6.71 Å². The summed E-state index contributed by atoms with van der Waals surface area (Å²) in [4.78, 5) is 0. The maximum absolute atomic E-state index is 2.37. The second kappa shape index (κ2) is 3.34. The van der Waals surface area contributed by atoms with E-state index in [0.717, 1.165) is 6.71 Å². The fourth-order valence-electron chi connectivity index (χ4n) is 1.99. The first-order chi connectivity index (χ1) is 5.86. The first-order valence-electron chi connectivity index (χ1n) is 4.93. The van der Waals surface area contributed by atoms with E-state index in [1.165, 1.54) is 25.5 Å². The lowest BCUT2D eigenvalue weighted by molar-refractivity contribution is 1.07. The maximum atomic E-state index is 2.37. The van der Waals surface area contributed by atoms with Crippen LogP contribution < -0.4 is 0 Å². The lowest BCUT2D eigenvalue weighted by atomic mass is 9.47. The Labute approximate surface area is 75.1 Å². The van der Waals surface area contributed by atoms with Crippen LogP contribution in [0.1, 0.15) is 11.1 Å². The van der Waals surface area contributed by atoms with Crippen LogP contribution in [0.25, 0.3) is 0 Å². The average Bonchev–Trinajstić information content (AvgIpc) is 2.29. The Hall–Kier alpha value is -0.715. The summed E-state index contributed by atoms with van der Waals surface area (Å²) in [6.45, 7) is 3.28. The molecule has 0 bridgehead atoms. The Morgan fingerprint density at radius 3 is 2.00 bits per heavy atom. The SMILES string of the molecule is CB1CCc2ccccc2CC1. The number of hydrogen-bond donors (Lipinski definition) is 0. The molecule has 1 heterocycles. The number of aryl methyl sites for hydroxylation is 2. The highest BCUT2D eigenvalue weighted by Crippen LogP contribution is 2.20. The smallest absolute Gasteiger partial charge is 0.0861 e. The molecule has 1 heteroatoms. The fourth-order valence-corrected chi connectivity index (χ4v) is 1.99. The third-order valence-corrected chi connectivity index (χ3v) is 2.93.